The van der Waals surface area contributed by atoms with Crippen molar-refractivity contribution >= 4 is 33.3 Å². The van der Waals surface area contributed by atoms with E-state index in [0.29, 0.717) is 22.5 Å². The summed E-state index contributed by atoms with van der Waals surface area (Å²) >= 11 is 2.93. The van der Waals surface area contributed by atoms with Crippen molar-refractivity contribution in [2.45, 2.75) is 36.5 Å². The Labute approximate surface area is 181 Å². The molecule has 0 radical (unpaired) electrons. The van der Waals surface area contributed by atoms with E-state index in [4.69, 9.17) is 4.98 Å². The van der Waals surface area contributed by atoms with Gasteiger partial charge in [-0.25, -0.2) is 9.97 Å². The fourth-order valence-electron chi connectivity index (χ4n) is 3.83. The molecule has 0 saturated heterocycles. The van der Waals surface area contributed by atoms with Gasteiger partial charge in [0.2, 0.25) is 0 Å². The van der Waals surface area contributed by atoms with Crippen molar-refractivity contribution in [3.05, 3.63) is 74.8 Å². The van der Waals surface area contributed by atoms with E-state index in [0.717, 1.165) is 52.4 Å². The molecule has 3 heterocycles. The maximum atomic E-state index is 12.8. The van der Waals surface area contributed by atoms with Crippen molar-refractivity contribution in [1.82, 2.24) is 15.0 Å². The van der Waals surface area contributed by atoms with Crippen LogP contribution in [0.15, 0.2) is 51.6 Å². The van der Waals surface area contributed by atoms with Gasteiger partial charge in [0.05, 0.1) is 16.7 Å². The number of nitrogens with zero attached hydrogens (tertiary/aromatic N) is 3. The van der Waals surface area contributed by atoms with Gasteiger partial charge in [-0.1, -0.05) is 42.1 Å². The number of H-pyrrole nitrogens is 1. The lowest BCUT2D eigenvalue weighted by Gasteiger charge is -2.16. The van der Waals surface area contributed by atoms with E-state index in [2.05, 4.69) is 16.0 Å². The second-order valence-electron chi connectivity index (χ2n) is 7.26. The highest BCUT2D eigenvalue weighted by atomic mass is 32.2. The number of hydrogen-bond donors (Lipinski definition) is 1. The molecule has 0 spiro atoms. The van der Waals surface area contributed by atoms with Crippen molar-refractivity contribution in [3.8, 4) is 17.2 Å². The molecule has 0 unspecified atom stereocenters. The zero-order valence-electron chi connectivity index (χ0n) is 16.1. The van der Waals surface area contributed by atoms with Gasteiger partial charge in [0.15, 0.2) is 0 Å². The van der Waals surface area contributed by atoms with Crippen molar-refractivity contribution in [2.24, 2.45) is 0 Å². The van der Waals surface area contributed by atoms with Crippen LogP contribution >= 0.6 is 23.1 Å². The largest absolute Gasteiger partial charge is 0.309 e. The highest BCUT2D eigenvalue weighted by Crippen LogP contribution is 2.32. The zero-order valence-corrected chi connectivity index (χ0v) is 17.8. The normalized spacial score (nSPS) is 13.2. The number of fused-ring (bicyclic) bond motifs is 2. The van der Waals surface area contributed by atoms with Gasteiger partial charge in [0.1, 0.15) is 21.7 Å². The molecule has 0 atom stereocenters. The van der Waals surface area contributed by atoms with Crippen molar-refractivity contribution < 1.29 is 0 Å². The van der Waals surface area contributed by atoms with E-state index in [1.807, 2.05) is 41.8 Å². The number of hydrogen-bond acceptors (Lipinski definition) is 6. The summed E-state index contributed by atoms with van der Waals surface area (Å²) in [5.74, 6) is 1.06. The van der Waals surface area contributed by atoms with Crippen LogP contribution in [0, 0.1) is 11.3 Å². The predicted molar refractivity (Wildman–Crippen MR) is 121 cm³/mol. The van der Waals surface area contributed by atoms with Gasteiger partial charge in [0, 0.05) is 16.6 Å². The summed E-state index contributed by atoms with van der Waals surface area (Å²) in [6.07, 6.45) is 4.26. The predicted octanol–water partition coefficient (Wildman–Crippen LogP) is 5.09. The first-order valence-corrected chi connectivity index (χ1v) is 11.7. The molecule has 5 nitrogen and oxygen atoms in total. The number of rotatable bonds is 4. The molecule has 30 heavy (non-hydrogen) atoms. The smallest absolute Gasteiger partial charge is 0.260 e. The van der Waals surface area contributed by atoms with Crippen LogP contribution in [0.25, 0.3) is 21.3 Å². The van der Waals surface area contributed by atoms with Gasteiger partial charge in [-0.15, -0.1) is 11.3 Å². The second kappa shape index (κ2) is 8.05. The standard InChI is InChI=1S/C23H18N4OS2/c24-11-16-10-15-8-4-5-9-18(15)25-22(16)30-13-19-26-21(28)20-17(12-29-23(20)27-19)14-6-2-1-3-7-14/h1-3,6-7,10,12H,4-5,8-9,13H2,(H,26,27,28). The summed E-state index contributed by atoms with van der Waals surface area (Å²) in [5.41, 5.74) is 4.69. The summed E-state index contributed by atoms with van der Waals surface area (Å²) < 4.78 is 0. The van der Waals surface area contributed by atoms with E-state index < -0.39 is 0 Å². The number of thioether (sulfide) groups is 1. The third-order valence-corrected chi connectivity index (χ3v) is 7.18. The molecular weight excluding hydrogens is 412 g/mol. The van der Waals surface area contributed by atoms with Gasteiger partial charge in [-0.3, -0.25) is 4.79 Å². The number of pyridine rings is 1. The number of nitrogens with one attached hydrogen (secondary N) is 1. The summed E-state index contributed by atoms with van der Waals surface area (Å²) in [5, 5.41) is 12.9. The van der Waals surface area contributed by atoms with E-state index in [-0.39, 0.29) is 5.56 Å². The van der Waals surface area contributed by atoms with Crippen LogP contribution in [0.3, 0.4) is 0 Å². The second-order valence-corrected chi connectivity index (χ2v) is 9.08. The lowest BCUT2D eigenvalue weighted by Crippen LogP contribution is -2.11. The molecule has 0 bridgehead atoms. The number of aromatic nitrogens is 3. The molecule has 4 aromatic rings. The minimum atomic E-state index is -0.130. The maximum absolute atomic E-state index is 12.8. The first-order chi connectivity index (χ1) is 14.7. The topological polar surface area (TPSA) is 82.4 Å². The van der Waals surface area contributed by atoms with Crippen LogP contribution in [0.1, 0.15) is 35.5 Å². The number of nitriles is 1. The van der Waals surface area contributed by atoms with Crippen LogP contribution in [-0.2, 0) is 18.6 Å². The van der Waals surface area contributed by atoms with Crippen LogP contribution in [0.4, 0.5) is 0 Å². The van der Waals surface area contributed by atoms with Gasteiger partial charge >= 0.3 is 0 Å². The van der Waals surface area contributed by atoms with Crippen molar-refractivity contribution in [1.29, 1.82) is 5.26 Å². The SMILES string of the molecule is N#Cc1cc2c(nc1SCc1nc3scc(-c4ccccc4)c3c(=O)[nH]1)CCCC2. The van der Waals surface area contributed by atoms with E-state index in [9.17, 15) is 10.1 Å². The molecule has 0 amide bonds. The fourth-order valence-corrected chi connectivity index (χ4v) is 5.65. The third kappa shape index (κ3) is 3.53. The quantitative estimate of drug-likeness (QED) is 0.456. The summed E-state index contributed by atoms with van der Waals surface area (Å²) in [6.45, 7) is 0. The average Bonchev–Trinajstić information content (AvgIpc) is 3.22. The number of aryl methyl sites for hydroxylation is 2. The van der Waals surface area contributed by atoms with Crippen molar-refractivity contribution in [2.75, 3.05) is 0 Å². The van der Waals surface area contributed by atoms with Gasteiger partial charge < -0.3 is 4.98 Å². The molecule has 0 saturated carbocycles. The first kappa shape index (κ1) is 19.0. The molecule has 0 fully saturated rings. The summed E-state index contributed by atoms with van der Waals surface area (Å²) in [7, 11) is 0. The van der Waals surface area contributed by atoms with Crippen LogP contribution < -0.4 is 5.56 Å². The molecular formula is C23H18N4OS2. The molecule has 7 heteroatoms. The van der Waals surface area contributed by atoms with Gasteiger partial charge in [-0.05, 0) is 42.9 Å². The highest BCUT2D eigenvalue weighted by molar-refractivity contribution is 7.98. The van der Waals surface area contributed by atoms with E-state index in [1.54, 1.807) is 0 Å². The molecule has 5 rings (SSSR count). The van der Waals surface area contributed by atoms with Gasteiger partial charge in [-0.2, -0.15) is 5.26 Å². The van der Waals surface area contributed by atoms with Crippen LogP contribution in [0.2, 0.25) is 0 Å². The lowest BCUT2D eigenvalue weighted by atomic mass is 9.95. The monoisotopic (exact) mass is 430 g/mol. The number of thiophene rings is 1. The zero-order chi connectivity index (χ0) is 20.5. The average molecular weight is 431 g/mol. The molecule has 148 valence electrons. The van der Waals surface area contributed by atoms with Crippen LogP contribution in [0.5, 0.6) is 0 Å². The maximum Gasteiger partial charge on any atom is 0.260 e. The first-order valence-electron chi connectivity index (χ1n) is 9.84. The van der Waals surface area contributed by atoms with Gasteiger partial charge in [0.25, 0.3) is 5.56 Å². The Morgan fingerprint density at radius 1 is 1.17 bits per heavy atom. The fraction of sp³-hybridized carbons (Fsp3) is 0.217. The van der Waals surface area contributed by atoms with Crippen LogP contribution in [-0.4, -0.2) is 15.0 Å². The Morgan fingerprint density at radius 3 is 2.83 bits per heavy atom. The highest BCUT2D eigenvalue weighted by Gasteiger charge is 2.17. The lowest BCUT2D eigenvalue weighted by molar-refractivity contribution is 0.660. The summed E-state index contributed by atoms with van der Waals surface area (Å²) in [4.78, 5) is 25.9. The number of benzene rings is 1. The van der Waals surface area contributed by atoms with Crippen molar-refractivity contribution in [3.63, 3.8) is 0 Å². The molecule has 0 aliphatic heterocycles. The molecule has 1 aromatic carbocycles. The Morgan fingerprint density at radius 2 is 2.00 bits per heavy atom. The van der Waals surface area contributed by atoms with E-state index in [1.165, 1.54) is 28.7 Å². The minimum Gasteiger partial charge on any atom is -0.309 e. The Hall–Kier alpha value is -2.95. The number of aromatic amines is 1. The molecule has 3 aromatic heterocycles. The molecule has 1 N–H and O–H groups in total. The Balaban J connectivity index is 1.45. The Kier molecular flexibility index (Phi) is 5.11. The third-order valence-electron chi connectivity index (χ3n) is 5.31. The molecule has 1 aliphatic rings. The molecule has 1 aliphatic carbocycles. The summed E-state index contributed by atoms with van der Waals surface area (Å²) in [6, 6.07) is 14.1. The minimum absolute atomic E-state index is 0.130. The van der Waals surface area contributed by atoms with E-state index >= 15 is 0 Å². The Bertz CT molecular complexity index is 1340.